The van der Waals surface area contributed by atoms with Crippen molar-refractivity contribution in [3.05, 3.63) is 47.0 Å². The van der Waals surface area contributed by atoms with Crippen LogP contribution >= 0.6 is 22.9 Å². The number of likely N-dealkylation sites (tertiary alicyclic amines) is 1. The highest BCUT2D eigenvalue weighted by molar-refractivity contribution is 7.22. The van der Waals surface area contributed by atoms with Gasteiger partial charge in [-0.25, -0.2) is 14.8 Å². The number of halogens is 1. The molecule has 0 unspecified atom stereocenters. The van der Waals surface area contributed by atoms with Gasteiger partial charge in [0.05, 0.1) is 21.3 Å². The molecule has 0 spiro atoms. The van der Waals surface area contributed by atoms with E-state index in [9.17, 15) is 9.59 Å². The summed E-state index contributed by atoms with van der Waals surface area (Å²) in [5.74, 6) is 0.424. The largest absolute Gasteiger partial charge is 0.444 e. The molecule has 3 heterocycles. The van der Waals surface area contributed by atoms with Crippen molar-refractivity contribution in [2.24, 2.45) is 7.05 Å². The Bertz CT molecular complexity index is 1470. The maximum atomic E-state index is 12.9. The zero-order chi connectivity index (χ0) is 25.6. The predicted molar refractivity (Wildman–Crippen MR) is 142 cm³/mol. The molecule has 0 radical (unpaired) electrons. The smallest absolute Gasteiger partial charge is 0.410 e. The van der Waals surface area contributed by atoms with Crippen molar-refractivity contribution < 1.29 is 14.3 Å². The molecule has 9 nitrogen and oxygen atoms in total. The second-order valence-corrected chi connectivity index (χ2v) is 11.3. The SMILES string of the molecule is Cn1c(Nc2nc3ccc(Cl)cc3s2)nc2cc(C(=O)N[C@@H]3CCN(C(=O)OC(C)(C)C)C3)ccc21. The molecule has 0 bridgehead atoms. The third-order valence-electron chi connectivity index (χ3n) is 5.89. The lowest BCUT2D eigenvalue weighted by atomic mass is 10.1. The van der Waals surface area contributed by atoms with Gasteiger partial charge in [-0.2, -0.15) is 0 Å². The zero-order valence-corrected chi connectivity index (χ0v) is 22.0. The first-order chi connectivity index (χ1) is 17.1. The van der Waals surface area contributed by atoms with Crippen molar-refractivity contribution in [3.63, 3.8) is 0 Å². The summed E-state index contributed by atoms with van der Waals surface area (Å²) in [5.41, 5.74) is 2.40. The number of imidazole rings is 1. The second-order valence-electron chi connectivity index (χ2n) is 9.84. The number of thiazole rings is 1. The Balaban J connectivity index is 1.27. The van der Waals surface area contributed by atoms with E-state index < -0.39 is 5.60 Å². The van der Waals surface area contributed by atoms with Gasteiger partial charge in [-0.15, -0.1) is 0 Å². The standard InChI is InChI=1S/C25H27ClN6O3S/c1-25(2,3)35-24(34)32-10-9-16(13-32)27-21(33)14-5-8-19-18(11-14)28-22(31(19)4)30-23-29-17-7-6-15(26)12-20(17)36-23/h5-8,11-12,16H,9-10,13H2,1-4H3,(H,27,33)(H,28,29,30)/t16-/m1/s1. The number of rotatable bonds is 4. The summed E-state index contributed by atoms with van der Waals surface area (Å²) in [6, 6.07) is 10.9. The van der Waals surface area contributed by atoms with Crippen molar-refractivity contribution in [3.8, 4) is 0 Å². The molecule has 2 N–H and O–H groups in total. The summed E-state index contributed by atoms with van der Waals surface area (Å²) >= 11 is 7.59. The molecular weight excluding hydrogens is 500 g/mol. The number of carbonyl (C=O) groups excluding carboxylic acids is 2. The summed E-state index contributed by atoms with van der Waals surface area (Å²) in [4.78, 5) is 36.2. The van der Waals surface area contributed by atoms with Crippen LogP contribution in [0.25, 0.3) is 21.3 Å². The first kappa shape index (κ1) is 24.3. The number of hydrogen-bond acceptors (Lipinski definition) is 7. The average molecular weight is 527 g/mol. The van der Waals surface area contributed by atoms with Gasteiger partial charge in [0, 0.05) is 36.8 Å². The molecule has 1 aliphatic rings. The van der Waals surface area contributed by atoms with Crippen LogP contribution in [0.2, 0.25) is 5.02 Å². The van der Waals surface area contributed by atoms with Gasteiger partial charge in [0.15, 0.2) is 5.13 Å². The maximum absolute atomic E-state index is 12.9. The fourth-order valence-corrected chi connectivity index (χ4v) is 5.28. The Hall–Kier alpha value is -3.37. The van der Waals surface area contributed by atoms with Crippen LogP contribution in [0.3, 0.4) is 0 Å². The minimum Gasteiger partial charge on any atom is -0.444 e. The van der Waals surface area contributed by atoms with Crippen molar-refractivity contribution in [2.75, 3.05) is 18.4 Å². The number of nitrogens with one attached hydrogen (secondary N) is 2. The monoisotopic (exact) mass is 526 g/mol. The maximum Gasteiger partial charge on any atom is 0.410 e. The molecule has 2 aromatic heterocycles. The van der Waals surface area contributed by atoms with Crippen LogP contribution in [0.1, 0.15) is 37.6 Å². The van der Waals surface area contributed by atoms with Crippen molar-refractivity contribution in [1.29, 1.82) is 0 Å². The minimum absolute atomic E-state index is 0.130. The van der Waals surface area contributed by atoms with E-state index in [1.807, 2.05) is 56.7 Å². The molecule has 2 amide bonds. The molecule has 2 aromatic carbocycles. The molecule has 5 rings (SSSR count). The lowest BCUT2D eigenvalue weighted by Crippen LogP contribution is -2.40. The second kappa shape index (κ2) is 9.25. The number of hydrogen-bond donors (Lipinski definition) is 2. The van der Waals surface area contributed by atoms with Gasteiger partial charge in [0.2, 0.25) is 5.95 Å². The van der Waals surface area contributed by atoms with E-state index in [-0.39, 0.29) is 18.0 Å². The van der Waals surface area contributed by atoms with Crippen LogP contribution in [-0.4, -0.2) is 56.2 Å². The first-order valence-corrected chi connectivity index (χ1v) is 12.8. The van der Waals surface area contributed by atoms with Crippen LogP contribution in [0.15, 0.2) is 36.4 Å². The van der Waals surface area contributed by atoms with Crippen LogP contribution in [0.4, 0.5) is 15.9 Å². The van der Waals surface area contributed by atoms with Gasteiger partial charge < -0.3 is 24.8 Å². The number of aromatic nitrogens is 3. The Morgan fingerprint density at radius 3 is 2.72 bits per heavy atom. The third kappa shape index (κ3) is 5.10. The van der Waals surface area contributed by atoms with Crippen molar-refractivity contribution >= 4 is 67.3 Å². The molecule has 0 aliphatic carbocycles. The molecule has 4 aromatic rings. The van der Waals surface area contributed by atoms with Crippen LogP contribution in [-0.2, 0) is 11.8 Å². The molecule has 188 valence electrons. The van der Waals surface area contributed by atoms with E-state index >= 15 is 0 Å². The summed E-state index contributed by atoms with van der Waals surface area (Å²) < 4.78 is 8.34. The lowest BCUT2D eigenvalue weighted by molar-refractivity contribution is 0.0290. The average Bonchev–Trinajstić information content (AvgIpc) is 3.50. The predicted octanol–water partition coefficient (Wildman–Crippen LogP) is 5.32. The quantitative estimate of drug-likeness (QED) is 0.373. The number of amides is 2. The molecule has 0 saturated carbocycles. The number of nitrogens with zero attached hydrogens (tertiary/aromatic N) is 4. The Labute approximate surface area is 217 Å². The molecule has 1 fully saturated rings. The number of anilines is 2. The molecule has 36 heavy (non-hydrogen) atoms. The van der Waals surface area contributed by atoms with E-state index in [1.54, 1.807) is 17.0 Å². The minimum atomic E-state index is -0.551. The number of aryl methyl sites for hydroxylation is 1. The van der Waals surface area contributed by atoms with E-state index in [4.69, 9.17) is 16.3 Å². The van der Waals surface area contributed by atoms with Crippen LogP contribution in [0.5, 0.6) is 0 Å². The van der Waals surface area contributed by atoms with E-state index in [0.29, 0.717) is 46.7 Å². The number of fused-ring (bicyclic) bond motifs is 2. The highest BCUT2D eigenvalue weighted by atomic mass is 35.5. The van der Waals surface area contributed by atoms with Gasteiger partial charge in [0.25, 0.3) is 5.91 Å². The zero-order valence-electron chi connectivity index (χ0n) is 20.5. The molecule has 1 saturated heterocycles. The fourth-order valence-electron chi connectivity index (χ4n) is 4.14. The van der Waals surface area contributed by atoms with Crippen molar-refractivity contribution in [2.45, 2.75) is 38.8 Å². The van der Waals surface area contributed by atoms with Gasteiger partial charge in [0.1, 0.15) is 5.60 Å². The van der Waals surface area contributed by atoms with Gasteiger partial charge in [-0.3, -0.25) is 4.79 Å². The topological polar surface area (TPSA) is 101 Å². The molecular formula is C25H27ClN6O3S. The fraction of sp³-hybridized carbons (Fsp3) is 0.360. The summed E-state index contributed by atoms with van der Waals surface area (Å²) in [5, 5.41) is 7.68. The summed E-state index contributed by atoms with van der Waals surface area (Å²) in [7, 11) is 1.91. The van der Waals surface area contributed by atoms with Crippen LogP contribution < -0.4 is 10.6 Å². The van der Waals surface area contributed by atoms with Gasteiger partial charge >= 0.3 is 6.09 Å². The van der Waals surface area contributed by atoms with E-state index in [1.165, 1.54) is 11.3 Å². The van der Waals surface area contributed by atoms with Gasteiger partial charge in [-0.1, -0.05) is 22.9 Å². The van der Waals surface area contributed by atoms with Crippen LogP contribution in [0, 0.1) is 0 Å². The molecule has 1 atom stereocenters. The third-order valence-corrected chi connectivity index (χ3v) is 7.06. The Kier molecular flexibility index (Phi) is 6.25. The highest BCUT2D eigenvalue weighted by Crippen LogP contribution is 2.31. The summed E-state index contributed by atoms with van der Waals surface area (Å²) in [6.07, 6.45) is 0.323. The number of ether oxygens (including phenoxy) is 1. The van der Waals surface area contributed by atoms with Gasteiger partial charge in [-0.05, 0) is 63.6 Å². The molecule has 1 aliphatic heterocycles. The number of benzene rings is 2. The Morgan fingerprint density at radius 1 is 1.14 bits per heavy atom. The normalized spacial score (nSPS) is 16.0. The first-order valence-electron chi connectivity index (χ1n) is 11.6. The number of carbonyl (C=O) groups is 2. The summed E-state index contributed by atoms with van der Waals surface area (Å²) in [6.45, 7) is 6.48. The van der Waals surface area contributed by atoms with E-state index in [0.717, 1.165) is 15.7 Å². The van der Waals surface area contributed by atoms with E-state index in [2.05, 4.69) is 20.6 Å². The Morgan fingerprint density at radius 2 is 1.94 bits per heavy atom. The lowest BCUT2D eigenvalue weighted by Gasteiger charge is -2.24. The molecule has 11 heteroatoms. The van der Waals surface area contributed by atoms with Crippen molar-refractivity contribution in [1.82, 2.24) is 24.8 Å². The highest BCUT2D eigenvalue weighted by Gasteiger charge is 2.30.